The van der Waals surface area contributed by atoms with Gasteiger partial charge < -0.3 is 9.84 Å². The fourth-order valence-electron chi connectivity index (χ4n) is 1.64. The van der Waals surface area contributed by atoms with E-state index in [1.54, 1.807) is 18.2 Å². The number of ether oxygens (including phenoxy) is 1. The second-order valence-electron chi connectivity index (χ2n) is 4.02. The van der Waals surface area contributed by atoms with E-state index in [0.29, 0.717) is 10.0 Å². The zero-order valence-corrected chi connectivity index (χ0v) is 12.1. The molecule has 0 unspecified atom stereocenters. The van der Waals surface area contributed by atoms with Crippen LogP contribution in [0.25, 0.3) is 0 Å². The molecule has 0 fully saturated rings. The van der Waals surface area contributed by atoms with Crippen LogP contribution in [0.15, 0.2) is 41.0 Å². The fourth-order valence-corrected chi connectivity index (χ4v) is 1.96. The number of halogens is 1. The summed E-state index contributed by atoms with van der Waals surface area (Å²) in [5, 5.41) is 19.8. The number of carbonyl (C=O) groups is 1. The van der Waals surface area contributed by atoms with E-state index in [2.05, 4.69) is 20.9 Å². The Bertz CT molecular complexity index is 705. The summed E-state index contributed by atoms with van der Waals surface area (Å²) in [5.74, 6) is -0.997. The summed E-state index contributed by atoms with van der Waals surface area (Å²) < 4.78 is 5.87. The van der Waals surface area contributed by atoms with E-state index in [9.17, 15) is 14.9 Å². The molecule has 0 aliphatic heterocycles. The van der Waals surface area contributed by atoms with Crippen molar-refractivity contribution < 1.29 is 19.6 Å². The van der Waals surface area contributed by atoms with E-state index in [1.165, 1.54) is 18.3 Å². The molecule has 0 atom stereocenters. The number of aromatic nitrogens is 1. The molecule has 108 valence electrons. The van der Waals surface area contributed by atoms with Gasteiger partial charge in [-0.1, -0.05) is 18.2 Å². The van der Waals surface area contributed by atoms with Gasteiger partial charge in [0.25, 0.3) is 5.88 Å². The van der Waals surface area contributed by atoms with Crippen LogP contribution in [0.5, 0.6) is 11.6 Å². The lowest BCUT2D eigenvalue weighted by atomic mass is 10.1. The quantitative estimate of drug-likeness (QED) is 0.654. The Morgan fingerprint density at radius 2 is 2.14 bits per heavy atom. The van der Waals surface area contributed by atoms with Gasteiger partial charge >= 0.3 is 11.7 Å². The molecule has 0 bridgehead atoms. The van der Waals surface area contributed by atoms with E-state index in [0.717, 1.165) is 0 Å². The van der Waals surface area contributed by atoms with Crippen LogP contribution in [0.3, 0.4) is 0 Å². The number of carboxylic acid groups (broad SMARTS) is 1. The Kier molecular flexibility index (Phi) is 4.49. The summed E-state index contributed by atoms with van der Waals surface area (Å²) in [7, 11) is 0. The first-order chi connectivity index (χ1) is 9.97. The first-order valence-electron chi connectivity index (χ1n) is 5.75. The van der Waals surface area contributed by atoms with E-state index in [4.69, 9.17) is 9.84 Å². The van der Waals surface area contributed by atoms with Crippen molar-refractivity contribution in [2.75, 3.05) is 0 Å². The molecule has 1 aromatic heterocycles. The number of aliphatic carboxylic acids is 1. The summed E-state index contributed by atoms with van der Waals surface area (Å²) in [6.07, 6.45) is 1.11. The molecule has 1 N–H and O–H groups in total. The zero-order chi connectivity index (χ0) is 15.4. The normalized spacial score (nSPS) is 10.1. The summed E-state index contributed by atoms with van der Waals surface area (Å²) in [4.78, 5) is 25.0. The van der Waals surface area contributed by atoms with Gasteiger partial charge in [-0.25, -0.2) is 4.98 Å². The van der Waals surface area contributed by atoms with Crippen LogP contribution in [-0.4, -0.2) is 21.0 Å². The summed E-state index contributed by atoms with van der Waals surface area (Å²) in [6.45, 7) is 0. The van der Waals surface area contributed by atoms with Gasteiger partial charge in [-0.2, -0.15) is 0 Å². The van der Waals surface area contributed by atoms with Gasteiger partial charge in [0.2, 0.25) is 0 Å². The first-order valence-corrected chi connectivity index (χ1v) is 6.54. The second-order valence-corrected chi connectivity index (χ2v) is 4.93. The maximum Gasteiger partial charge on any atom is 0.332 e. The Morgan fingerprint density at radius 1 is 1.43 bits per heavy atom. The minimum Gasteiger partial charge on any atom is -0.481 e. The maximum atomic E-state index is 11.0. The average Bonchev–Trinajstić information content (AvgIpc) is 2.42. The molecule has 0 saturated heterocycles. The van der Waals surface area contributed by atoms with Crippen molar-refractivity contribution >= 4 is 27.6 Å². The average molecular weight is 353 g/mol. The minimum atomic E-state index is -1.02. The monoisotopic (exact) mass is 352 g/mol. The highest BCUT2D eigenvalue weighted by Crippen LogP contribution is 2.32. The number of hydrogen-bond donors (Lipinski definition) is 1. The first kappa shape index (κ1) is 14.9. The van der Waals surface area contributed by atoms with Crippen molar-refractivity contribution in [3.8, 4) is 11.6 Å². The lowest BCUT2D eigenvalue weighted by Crippen LogP contribution is -2.03. The maximum absolute atomic E-state index is 11.0. The number of rotatable bonds is 5. The van der Waals surface area contributed by atoms with E-state index >= 15 is 0 Å². The van der Waals surface area contributed by atoms with Gasteiger partial charge in [0.15, 0.2) is 0 Å². The van der Waals surface area contributed by atoms with Crippen LogP contribution in [0, 0.1) is 10.1 Å². The van der Waals surface area contributed by atoms with E-state index in [-0.39, 0.29) is 23.7 Å². The smallest absolute Gasteiger partial charge is 0.332 e. The number of nitro groups is 1. The van der Waals surface area contributed by atoms with Crippen LogP contribution in [0.1, 0.15) is 5.56 Å². The number of pyridine rings is 1. The molecular weight excluding hydrogens is 344 g/mol. The van der Waals surface area contributed by atoms with Gasteiger partial charge in [0.05, 0.1) is 11.3 Å². The van der Waals surface area contributed by atoms with Crippen LogP contribution in [0.4, 0.5) is 5.69 Å². The van der Waals surface area contributed by atoms with Gasteiger partial charge in [0, 0.05) is 22.3 Å². The van der Waals surface area contributed by atoms with Crippen LogP contribution < -0.4 is 4.74 Å². The molecule has 2 rings (SSSR count). The Balaban J connectivity index is 2.39. The highest BCUT2D eigenvalue weighted by Gasteiger charge is 2.19. The van der Waals surface area contributed by atoms with Gasteiger partial charge in [-0.05, 0) is 22.0 Å². The van der Waals surface area contributed by atoms with E-state index in [1.807, 2.05) is 0 Å². The number of para-hydroxylation sites is 1. The second kappa shape index (κ2) is 6.31. The Hall–Kier alpha value is -2.48. The van der Waals surface area contributed by atoms with Crippen LogP contribution in [0.2, 0.25) is 0 Å². The van der Waals surface area contributed by atoms with E-state index < -0.39 is 10.9 Å². The standard InChI is InChI=1S/C13H9BrN2O5/c14-9-6-10(16(19)20)13(15-7-9)21-11-4-2-1-3-8(11)5-12(17)18/h1-4,6-7H,5H2,(H,17,18). The van der Waals surface area contributed by atoms with Crippen LogP contribution >= 0.6 is 15.9 Å². The summed E-state index contributed by atoms with van der Waals surface area (Å²) in [6, 6.07) is 7.68. The topological polar surface area (TPSA) is 103 Å². The molecule has 8 heteroatoms. The number of hydrogen-bond acceptors (Lipinski definition) is 5. The lowest BCUT2D eigenvalue weighted by molar-refractivity contribution is -0.386. The van der Waals surface area contributed by atoms with Crippen molar-refractivity contribution in [1.29, 1.82) is 0 Å². The fraction of sp³-hybridized carbons (Fsp3) is 0.0769. The molecule has 0 aliphatic carbocycles. The third-order valence-corrected chi connectivity index (χ3v) is 2.95. The highest BCUT2D eigenvalue weighted by molar-refractivity contribution is 9.10. The predicted octanol–water partition coefficient (Wildman–Crippen LogP) is 3.17. The molecule has 0 radical (unpaired) electrons. The molecule has 0 saturated carbocycles. The number of nitrogens with zero attached hydrogens (tertiary/aromatic N) is 2. The number of carboxylic acids is 1. The molecule has 2 aromatic rings. The molecule has 0 aliphatic rings. The van der Waals surface area contributed by atoms with Gasteiger partial charge in [-0.3, -0.25) is 14.9 Å². The highest BCUT2D eigenvalue weighted by atomic mass is 79.9. The van der Waals surface area contributed by atoms with Crippen molar-refractivity contribution in [1.82, 2.24) is 4.98 Å². The molecule has 0 amide bonds. The Morgan fingerprint density at radius 3 is 2.81 bits per heavy atom. The molecule has 1 heterocycles. The minimum absolute atomic E-state index is 0.193. The van der Waals surface area contributed by atoms with Gasteiger partial charge in [0.1, 0.15) is 5.75 Å². The third-order valence-electron chi connectivity index (χ3n) is 2.52. The van der Waals surface area contributed by atoms with Crippen LogP contribution in [-0.2, 0) is 11.2 Å². The van der Waals surface area contributed by atoms with Crippen molar-refractivity contribution in [2.24, 2.45) is 0 Å². The molecule has 21 heavy (non-hydrogen) atoms. The third kappa shape index (κ3) is 3.76. The summed E-state index contributed by atoms with van der Waals surface area (Å²) >= 11 is 3.10. The molecule has 7 nitrogen and oxygen atoms in total. The zero-order valence-electron chi connectivity index (χ0n) is 10.5. The largest absolute Gasteiger partial charge is 0.481 e. The summed E-state index contributed by atoms with van der Waals surface area (Å²) in [5.41, 5.74) is 0.0959. The van der Waals surface area contributed by atoms with Crippen molar-refractivity contribution in [3.05, 3.63) is 56.7 Å². The lowest BCUT2D eigenvalue weighted by Gasteiger charge is -2.09. The molecule has 1 aromatic carbocycles. The SMILES string of the molecule is O=C(O)Cc1ccccc1Oc1ncc(Br)cc1[N+](=O)[O-]. The van der Waals surface area contributed by atoms with Crippen molar-refractivity contribution in [3.63, 3.8) is 0 Å². The predicted molar refractivity (Wildman–Crippen MR) is 76.4 cm³/mol. The van der Waals surface area contributed by atoms with Gasteiger partial charge in [-0.15, -0.1) is 0 Å². The van der Waals surface area contributed by atoms with Crippen molar-refractivity contribution in [2.45, 2.75) is 6.42 Å². The number of benzene rings is 1. The molecule has 0 spiro atoms. The Labute approximate surface area is 127 Å². The molecular formula is C13H9BrN2O5.